The minimum Gasteiger partial charge on any atom is -0.307 e. The second-order valence-electron chi connectivity index (χ2n) is 12.8. The maximum absolute atomic E-state index is 5.21. The van der Waals surface area contributed by atoms with Crippen LogP contribution >= 0.6 is 0 Å². The van der Waals surface area contributed by atoms with Crippen LogP contribution in [-0.4, -0.2) is 14.1 Å². The van der Waals surface area contributed by atoms with E-state index in [2.05, 4.69) is 191 Å². The molecule has 0 unspecified atom stereocenters. The van der Waals surface area contributed by atoms with Crippen molar-refractivity contribution in [2.75, 3.05) is 0 Å². The lowest BCUT2D eigenvalue weighted by Crippen LogP contribution is -2.00. The maximum atomic E-state index is 5.21. The van der Waals surface area contributed by atoms with Gasteiger partial charge in [-0.2, -0.15) is 0 Å². The van der Waals surface area contributed by atoms with Gasteiger partial charge in [-0.1, -0.05) is 133 Å². The first-order chi connectivity index (χ1) is 24.8. The van der Waals surface area contributed by atoms with Crippen molar-refractivity contribution in [1.29, 1.82) is 0 Å². The zero-order valence-electron chi connectivity index (χ0n) is 27.2. The van der Waals surface area contributed by atoms with E-state index in [1.54, 1.807) is 0 Å². The average molecular weight is 638 g/mol. The van der Waals surface area contributed by atoms with E-state index in [-0.39, 0.29) is 0 Å². The lowest BCUT2D eigenvalue weighted by atomic mass is 9.99. The highest BCUT2D eigenvalue weighted by molar-refractivity contribution is 6.23. The maximum Gasteiger partial charge on any atom is 0.0788 e. The molecule has 7 aromatic carbocycles. The molecule has 0 amide bonds. The normalized spacial score (nSPS) is 11.6. The lowest BCUT2D eigenvalue weighted by Gasteiger charge is -2.15. The first-order valence-corrected chi connectivity index (χ1v) is 17.1. The van der Waals surface area contributed by atoms with Crippen molar-refractivity contribution in [2.24, 2.45) is 0 Å². The van der Waals surface area contributed by atoms with Crippen LogP contribution in [0.3, 0.4) is 0 Å². The van der Waals surface area contributed by atoms with Crippen molar-refractivity contribution in [1.82, 2.24) is 14.1 Å². The van der Waals surface area contributed by atoms with Crippen LogP contribution in [0.1, 0.15) is 0 Å². The zero-order chi connectivity index (χ0) is 33.0. The second kappa shape index (κ2) is 11.5. The minimum absolute atomic E-state index is 0.940. The van der Waals surface area contributed by atoms with E-state index >= 15 is 0 Å². The highest BCUT2D eigenvalue weighted by Gasteiger charge is 2.22. The van der Waals surface area contributed by atoms with Gasteiger partial charge in [0.15, 0.2) is 0 Å². The Bertz CT molecular complexity index is 2850. The molecule has 0 fully saturated rings. The number of fused-ring (bicyclic) bond motifs is 7. The molecule has 0 aliphatic rings. The molecule has 3 heterocycles. The van der Waals surface area contributed by atoms with Crippen LogP contribution in [0.2, 0.25) is 0 Å². The van der Waals surface area contributed by atoms with Crippen LogP contribution < -0.4 is 0 Å². The smallest absolute Gasteiger partial charge is 0.0788 e. The number of nitrogens with zero attached hydrogens (tertiary/aromatic N) is 3. The quantitative estimate of drug-likeness (QED) is 0.184. The standard InChI is InChI=1S/C47H31N3/c1-4-15-32(16-5-1)34-29-35(43-24-14-23-42(48-43)33-17-6-2-7-18-33)31-37(30-34)50-45-26-13-11-22-39(45)41-28-27-40-38-21-10-12-25-44(38)49(46(40)47(41)50)36-19-8-3-9-20-36/h1-31H. The molecule has 10 aromatic rings. The average Bonchev–Trinajstić information content (AvgIpc) is 3.72. The van der Waals surface area contributed by atoms with Gasteiger partial charge in [0.25, 0.3) is 0 Å². The van der Waals surface area contributed by atoms with Crippen LogP contribution in [0.15, 0.2) is 188 Å². The first kappa shape index (κ1) is 28.3. The third-order valence-corrected chi connectivity index (χ3v) is 9.88. The molecule has 10 rings (SSSR count). The Morgan fingerprint density at radius 2 is 0.780 bits per heavy atom. The van der Waals surface area contributed by atoms with Gasteiger partial charge >= 0.3 is 0 Å². The van der Waals surface area contributed by atoms with Gasteiger partial charge < -0.3 is 9.13 Å². The molecular weight excluding hydrogens is 607 g/mol. The number of hydrogen-bond donors (Lipinski definition) is 0. The van der Waals surface area contributed by atoms with Gasteiger partial charge in [0.1, 0.15) is 0 Å². The van der Waals surface area contributed by atoms with Gasteiger partial charge in [0, 0.05) is 44.0 Å². The van der Waals surface area contributed by atoms with Gasteiger partial charge in [0.05, 0.1) is 33.5 Å². The summed E-state index contributed by atoms with van der Waals surface area (Å²) in [5.74, 6) is 0. The first-order valence-electron chi connectivity index (χ1n) is 17.1. The molecule has 0 N–H and O–H groups in total. The van der Waals surface area contributed by atoms with Crippen LogP contribution in [0, 0.1) is 0 Å². The summed E-state index contributed by atoms with van der Waals surface area (Å²) in [4.78, 5) is 5.21. The van der Waals surface area contributed by atoms with Gasteiger partial charge in [-0.3, -0.25) is 0 Å². The highest BCUT2D eigenvalue weighted by atomic mass is 15.0. The molecule has 3 aromatic heterocycles. The van der Waals surface area contributed by atoms with E-state index < -0.39 is 0 Å². The summed E-state index contributed by atoms with van der Waals surface area (Å²) >= 11 is 0. The Balaban J connectivity index is 1.33. The molecule has 50 heavy (non-hydrogen) atoms. The van der Waals surface area contributed by atoms with E-state index in [1.807, 2.05) is 6.07 Å². The molecule has 0 aliphatic carbocycles. The van der Waals surface area contributed by atoms with E-state index in [0.717, 1.165) is 39.5 Å². The van der Waals surface area contributed by atoms with E-state index in [0.29, 0.717) is 0 Å². The Labute approximate surface area is 290 Å². The SMILES string of the molecule is c1ccc(-c2cc(-c3cccc(-c4ccccc4)n3)cc(-n3c4ccccc4c4ccc5c6ccccc6n(-c6ccccc6)c5c43)c2)cc1. The topological polar surface area (TPSA) is 22.8 Å². The molecule has 0 radical (unpaired) electrons. The van der Waals surface area contributed by atoms with Crippen molar-refractivity contribution in [3.05, 3.63) is 188 Å². The van der Waals surface area contributed by atoms with Crippen molar-refractivity contribution in [3.63, 3.8) is 0 Å². The van der Waals surface area contributed by atoms with Crippen molar-refractivity contribution in [2.45, 2.75) is 0 Å². The summed E-state index contributed by atoms with van der Waals surface area (Å²) < 4.78 is 4.91. The summed E-state index contributed by atoms with van der Waals surface area (Å²) in [5, 5.41) is 4.93. The predicted octanol–water partition coefficient (Wildman–Crippen LogP) is 12.3. The van der Waals surface area contributed by atoms with Gasteiger partial charge in [-0.05, 0) is 65.7 Å². The zero-order valence-corrected chi connectivity index (χ0v) is 27.2. The molecule has 234 valence electrons. The number of hydrogen-bond acceptors (Lipinski definition) is 1. The number of para-hydroxylation sites is 3. The van der Waals surface area contributed by atoms with E-state index in [4.69, 9.17) is 4.98 Å². The monoisotopic (exact) mass is 637 g/mol. The van der Waals surface area contributed by atoms with Crippen LogP contribution in [-0.2, 0) is 0 Å². The molecule has 0 bridgehead atoms. The summed E-state index contributed by atoms with van der Waals surface area (Å²) in [5.41, 5.74) is 13.4. The van der Waals surface area contributed by atoms with E-state index in [9.17, 15) is 0 Å². The molecule has 3 heteroatoms. The van der Waals surface area contributed by atoms with Crippen LogP contribution in [0.5, 0.6) is 0 Å². The largest absolute Gasteiger partial charge is 0.307 e. The summed E-state index contributed by atoms with van der Waals surface area (Å²) in [6, 6.07) is 67.2. The molecule has 0 saturated carbocycles. The van der Waals surface area contributed by atoms with Crippen molar-refractivity contribution >= 4 is 43.6 Å². The molecule has 0 saturated heterocycles. The van der Waals surface area contributed by atoms with E-state index in [1.165, 1.54) is 49.2 Å². The summed E-state index contributed by atoms with van der Waals surface area (Å²) in [6.45, 7) is 0. The highest BCUT2D eigenvalue weighted by Crippen LogP contribution is 2.42. The predicted molar refractivity (Wildman–Crippen MR) is 209 cm³/mol. The van der Waals surface area contributed by atoms with Gasteiger partial charge in [-0.25, -0.2) is 4.98 Å². The van der Waals surface area contributed by atoms with Crippen LogP contribution in [0.25, 0.3) is 88.6 Å². The van der Waals surface area contributed by atoms with Crippen LogP contribution in [0.4, 0.5) is 0 Å². The molecule has 0 atom stereocenters. The van der Waals surface area contributed by atoms with Gasteiger partial charge in [-0.15, -0.1) is 0 Å². The third kappa shape index (κ3) is 4.48. The fourth-order valence-electron chi connectivity index (χ4n) is 7.66. The Hall–Kier alpha value is -6.71. The lowest BCUT2D eigenvalue weighted by molar-refractivity contribution is 1.15. The van der Waals surface area contributed by atoms with Crippen molar-refractivity contribution in [3.8, 4) is 45.0 Å². The second-order valence-corrected chi connectivity index (χ2v) is 12.8. The number of benzene rings is 7. The number of pyridine rings is 1. The Kier molecular flexibility index (Phi) is 6.49. The van der Waals surface area contributed by atoms with Crippen molar-refractivity contribution < 1.29 is 0 Å². The molecular formula is C47H31N3. The minimum atomic E-state index is 0.940. The fraction of sp³-hybridized carbons (Fsp3) is 0. The fourth-order valence-corrected chi connectivity index (χ4v) is 7.66. The third-order valence-electron chi connectivity index (χ3n) is 9.88. The molecule has 3 nitrogen and oxygen atoms in total. The molecule has 0 aliphatic heterocycles. The summed E-state index contributed by atoms with van der Waals surface area (Å²) in [6.07, 6.45) is 0. The Morgan fingerprint density at radius 3 is 1.40 bits per heavy atom. The summed E-state index contributed by atoms with van der Waals surface area (Å²) in [7, 11) is 0. The molecule has 0 spiro atoms. The number of aromatic nitrogens is 3. The Morgan fingerprint density at radius 1 is 0.300 bits per heavy atom. The number of rotatable bonds is 5. The van der Waals surface area contributed by atoms with Gasteiger partial charge in [0.2, 0.25) is 0 Å².